The fourth-order valence-electron chi connectivity index (χ4n) is 1.58. The van der Waals surface area contributed by atoms with Crippen LogP contribution in [0.5, 0.6) is 11.5 Å². The Hall–Kier alpha value is -1.71. The Morgan fingerprint density at radius 2 is 1.74 bits per heavy atom. The summed E-state index contributed by atoms with van der Waals surface area (Å²) in [6.45, 7) is 0. The number of aromatic hydroxyl groups is 1. The molecule has 19 heavy (non-hydrogen) atoms. The molecule has 0 aliphatic heterocycles. The molecule has 94 valence electrons. The molecular weight excluding hydrogens is 298 g/mol. The molecule has 0 bridgehead atoms. The Morgan fingerprint density at radius 3 is 2.26 bits per heavy atom. The summed E-state index contributed by atoms with van der Waals surface area (Å²) >= 11 is 0. The van der Waals surface area contributed by atoms with Crippen LogP contribution >= 0.6 is 0 Å². The largest absolute Gasteiger partial charge is 2.00 e. The molecule has 0 radical (unpaired) electrons. The predicted octanol–water partition coefficient (Wildman–Crippen LogP) is 2.51. The van der Waals surface area contributed by atoms with Gasteiger partial charge in [0, 0.05) is 11.6 Å². The number of ketones is 1. The maximum absolute atomic E-state index is 12.1. The Bertz CT molecular complexity index is 540. The molecule has 2 rings (SSSR count). The minimum absolute atomic E-state index is 0. The SMILES string of the molecule is COc1ccc(C(=O)c2ccccc2)c(O)c1.[O-2].[Zn+2]. The second-order valence-electron chi connectivity index (χ2n) is 3.58. The third-order valence-corrected chi connectivity index (χ3v) is 2.49. The van der Waals surface area contributed by atoms with Gasteiger partial charge in [-0.2, -0.15) is 0 Å². The van der Waals surface area contributed by atoms with Crippen LogP contribution in [0.15, 0.2) is 48.5 Å². The first kappa shape index (κ1) is 17.3. The van der Waals surface area contributed by atoms with E-state index in [9.17, 15) is 9.90 Å². The van der Waals surface area contributed by atoms with Crippen LogP contribution in [0.25, 0.3) is 0 Å². The van der Waals surface area contributed by atoms with Crippen molar-refractivity contribution in [3.63, 3.8) is 0 Å². The van der Waals surface area contributed by atoms with Gasteiger partial charge >= 0.3 is 19.5 Å². The number of ether oxygens (including phenoxy) is 1. The molecule has 2 aromatic rings. The quantitative estimate of drug-likeness (QED) is 0.699. The molecule has 0 amide bonds. The van der Waals surface area contributed by atoms with Gasteiger partial charge in [0.05, 0.1) is 12.7 Å². The molecule has 4 nitrogen and oxygen atoms in total. The van der Waals surface area contributed by atoms with E-state index >= 15 is 0 Å². The van der Waals surface area contributed by atoms with Crippen molar-refractivity contribution in [3.8, 4) is 11.5 Å². The molecule has 0 heterocycles. The fourth-order valence-corrected chi connectivity index (χ4v) is 1.58. The number of methoxy groups -OCH3 is 1. The number of phenols is 1. The van der Waals surface area contributed by atoms with Crippen LogP contribution in [-0.4, -0.2) is 18.0 Å². The third kappa shape index (κ3) is 3.88. The van der Waals surface area contributed by atoms with E-state index in [4.69, 9.17) is 4.74 Å². The molecular formula is C14H12O4Zn. The summed E-state index contributed by atoms with van der Waals surface area (Å²) in [4.78, 5) is 12.1. The normalized spacial score (nSPS) is 8.89. The Kier molecular flexibility index (Phi) is 6.98. The van der Waals surface area contributed by atoms with Crippen LogP contribution in [-0.2, 0) is 25.0 Å². The van der Waals surface area contributed by atoms with Gasteiger partial charge in [0.15, 0.2) is 5.78 Å². The summed E-state index contributed by atoms with van der Waals surface area (Å²) in [5, 5.41) is 9.75. The Balaban J connectivity index is 0.00000162. The number of rotatable bonds is 3. The monoisotopic (exact) mass is 308 g/mol. The first-order valence-corrected chi connectivity index (χ1v) is 5.19. The van der Waals surface area contributed by atoms with Gasteiger partial charge in [0.1, 0.15) is 11.5 Å². The number of hydrogen-bond acceptors (Lipinski definition) is 3. The molecule has 0 saturated heterocycles. The van der Waals surface area contributed by atoms with Crippen molar-refractivity contribution in [1.82, 2.24) is 0 Å². The molecule has 0 aromatic heterocycles. The molecule has 0 saturated carbocycles. The number of phenolic OH excluding ortho intramolecular Hbond substituents is 1. The molecule has 1 N–H and O–H groups in total. The van der Waals surface area contributed by atoms with Crippen LogP contribution in [0, 0.1) is 0 Å². The van der Waals surface area contributed by atoms with Gasteiger partial charge in [-0.3, -0.25) is 4.79 Å². The van der Waals surface area contributed by atoms with Crippen LogP contribution in [0.1, 0.15) is 15.9 Å². The summed E-state index contributed by atoms with van der Waals surface area (Å²) < 4.78 is 4.96. The van der Waals surface area contributed by atoms with Crippen molar-refractivity contribution in [1.29, 1.82) is 0 Å². The van der Waals surface area contributed by atoms with Gasteiger partial charge in [-0.05, 0) is 12.1 Å². The number of carbonyl (C=O) groups excluding carboxylic acids is 1. The standard InChI is InChI=1S/C14H12O3.O.Zn/c1-17-11-7-8-12(13(15)9-11)14(16)10-5-3-2-4-6-10;;/h2-9,15H,1H3;;/q;-2;+2. The van der Waals surface area contributed by atoms with E-state index in [0.717, 1.165) is 0 Å². The minimum atomic E-state index is -0.203. The Morgan fingerprint density at radius 1 is 1.11 bits per heavy atom. The van der Waals surface area contributed by atoms with Crippen molar-refractivity contribution >= 4 is 5.78 Å². The smallest absolute Gasteiger partial charge is 2.00 e. The van der Waals surface area contributed by atoms with Crippen molar-refractivity contribution < 1.29 is 39.6 Å². The van der Waals surface area contributed by atoms with Crippen molar-refractivity contribution in [3.05, 3.63) is 59.7 Å². The average Bonchev–Trinajstić information content (AvgIpc) is 2.39. The van der Waals surface area contributed by atoms with Gasteiger partial charge in [-0.25, -0.2) is 0 Å². The minimum Gasteiger partial charge on any atom is -2.00 e. The van der Waals surface area contributed by atoms with Crippen molar-refractivity contribution in [2.45, 2.75) is 0 Å². The topological polar surface area (TPSA) is 75.0 Å². The van der Waals surface area contributed by atoms with E-state index in [1.165, 1.54) is 13.2 Å². The molecule has 0 fully saturated rings. The third-order valence-electron chi connectivity index (χ3n) is 2.49. The molecule has 2 aromatic carbocycles. The summed E-state index contributed by atoms with van der Waals surface area (Å²) in [5.41, 5.74) is 0.824. The van der Waals surface area contributed by atoms with Gasteiger partial charge in [0.25, 0.3) is 0 Å². The summed E-state index contributed by atoms with van der Waals surface area (Å²) in [5.74, 6) is 0.246. The molecule has 0 spiro atoms. The van der Waals surface area contributed by atoms with Crippen LogP contribution in [0.4, 0.5) is 0 Å². The van der Waals surface area contributed by atoms with Crippen molar-refractivity contribution in [2.75, 3.05) is 7.11 Å². The van der Waals surface area contributed by atoms with E-state index < -0.39 is 0 Å². The first-order valence-electron chi connectivity index (χ1n) is 5.19. The van der Waals surface area contributed by atoms with Gasteiger partial charge in [-0.1, -0.05) is 30.3 Å². The zero-order valence-electron chi connectivity index (χ0n) is 10.5. The molecule has 0 unspecified atom stereocenters. The summed E-state index contributed by atoms with van der Waals surface area (Å²) in [6, 6.07) is 13.5. The van der Waals surface area contributed by atoms with E-state index in [1.807, 2.05) is 6.07 Å². The van der Waals surface area contributed by atoms with E-state index in [-0.39, 0.29) is 42.1 Å². The van der Waals surface area contributed by atoms with Crippen LogP contribution in [0.2, 0.25) is 0 Å². The number of benzene rings is 2. The summed E-state index contributed by atoms with van der Waals surface area (Å²) in [7, 11) is 1.51. The molecule has 0 atom stereocenters. The molecule has 0 aliphatic rings. The maximum atomic E-state index is 12.1. The van der Waals surface area contributed by atoms with Gasteiger partial charge < -0.3 is 15.3 Å². The first-order chi connectivity index (χ1) is 8.22. The number of carbonyl (C=O) groups is 1. The fraction of sp³-hybridized carbons (Fsp3) is 0.0714. The molecule has 5 heteroatoms. The van der Waals surface area contributed by atoms with E-state index in [2.05, 4.69) is 0 Å². The second-order valence-corrected chi connectivity index (χ2v) is 3.58. The van der Waals surface area contributed by atoms with Gasteiger partial charge in [-0.15, -0.1) is 0 Å². The van der Waals surface area contributed by atoms with Crippen molar-refractivity contribution in [2.24, 2.45) is 0 Å². The van der Waals surface area contributed by atoms with E-state index in [1.54, 1.807) is 36.4 Å². The number of hydrogen-bond donors (Lipinski definition) is 1. The predicted molar refractivity (Wildman–Crippen MR) is 65.2 cm³/mol. The van der Waals surface area contributed by atoms with Crippen LogP contribution < -0.4 is 4.74 Å². The Labute approximate surface area is 124 Å². The zero-order valence-corrected chi connectivity index (χ0v) is 13.5. The summed E-state index contributed by atoms with van der Waals surface area (Å²) in [6.07, 6.45) is 0. The van der Waals surface area contributed by atoms with Gasteiger partial charge in [0.2, 0.25) is 0 Å². The molecule has 0 aliphatic carbocycles. The zero-order chi connectivity index (χ0) is 12.3. The second kappa shape index (κ2) is 7.67. The van der Waals surface area contributed by atoms with Crippen LogP contribution in [0.3, 0.4) is 0 Å². The average molecular weight is 310 g/mol. The maximum Gasteiger partial charge on any atom is 2.00 e. The van der Waals surface area contributed by atoms with E-state index in [0.29, 0.717) is 11.3 Å².